The predicted molar refractivity (Wildman–Crippen MR) is 211 cm³/mol. The van der Waals surface area contributed by atoms with Crippen molar-refractivity contribution in [3.63, 3.8) is 0 Å². The smallest absolute Gasteiger partial charge is 0.0857 e. The highest BCUT2D eigenvalue weighted by Crippen LogP contribution is 2.52. The van der Waals surface area contributed by atoms with E-state index in [2.05, 4.69) is 162 Å². The SMILES string of the molecule is C1=CCCC(N2c3ccc(N(C4=CCC(C5=CCCC=C5)C=C4)C4=CC=CC5OC6C=CC=CC6C45)cc3C3C=C(C4=CCCC=C4)C=CC32)=C1. The van der Waals surface area contributed by atoms with Crippen LogP contribution in [0.4, 0.5) is 11.4 Å². The molecule has 9 aliphatic rings. The van der Waals surface area contributed by atoms with Crippen LogP contribution in [0.2, 0.25) is 0 Å². The van der Waals surface area contributed by atoms with Crippen molar-refractivity contribution in [1.29, 1.82) is 0 Å². The number of rotatable bonds is 6. The summed E-state index contributed by atoms with van der Waals surface area (Å²) in [5, 5.41) is 0. The zero-order valence-electron chi connectivity index (χ0n) is 29.2. The molecule has 0 amide bonds. The largest absolute Gasteiger partial charge is 0.365 e. The van der Waals surface area contributed by atoms with Crippen LogP contribution in [0, 0.1) is 17.8 Å². The second-order valence-corrected chi connectivity index (χ2v) is 15.1. The van der Waals surface area contributed by atoms with Crippen molar-refractivity contribution in [2.45, 2.75) is 69.1 Å². The van der Waals surface area contributed by atoms with E-state index < -0.39 is 0 Å². The number of fused-ring (bicyclic) bond motifs is 6. The standard InChI is InChI=1S/C48H46N2O/c1-4-13-33(14-5-1)35-23-26-38(27-24-35)49(45-20-12-22-47-48(45)40-19-10-11-21-46(40)51-47)39-28-30-44-42(32-39)41-31-36(34-15-6-2-7-16-34)25-29-43(41)50(44)37-17-8-3-9-18-37/h3-4,6,8,10-17,19-23,25-32,35,40-41,43,46-48H,1-2,5,7,9,18,24H2. The Balaban J connectivity index is 1.08. The van der Waals surface area contributed by atoms with Gasteiger partial charge in [0.1, 0.15) is 0 Å². The summed E-state index contributed by atoms with van der Waals surface area (Å²) in [6.45, 7) is 0. The lowest BCUT2D eigenvalue weighted by Gasteiger charge is -2.37. The van der Waals surface area contributed by atoms with E-state index in [1.165, 1.54) is 50.7 Å². The maximum Gasteiger partial charge on any atom is 0.0857 e. The lowest BCUT2D eigenvalue weighted by atomic mass is 9.79. The van der Waals surface area contributed by atoms with Gasteiger partial charge in [0, 0.05) is 52.1 Å². The maximum absolute atomic E-state index is 6.68. The van der Waals surface area contributed by atoms with Gasteiger partial charge in [0.15, 0.2) is 0 Å². The van der Waals surface area contributed by atoms with Crippen LogP contribution < -0.4 is 9.80 Å². The molecule has 1 aromatic rings. The van der Waals surface area contributed by atoms with Gasteiger partial charge in [0.05, 0.1) is 18.2 Å². The Kier molecular flexibility index (Phi) is 7.90. The minimum atomic E-state index is 0.0553. The molecule has 1 saturated heterocycles. The molecule has 254 valence electrons. The molecule has 51 heavy (non-hydrogen) atoms. The lowest BCUT2D eigenvalue weighted by Crippen LogP contribution is -2.34. The van der Waals surface area contributed by atoms with Gasteiger partial charge in [0.25, 0.3) is 0 Å². The van der Waals surface area contributed by atoms with Gasteiger partial charge < -0.3 is 14.5 Å². The molecule has 1 fully saturated rings. The summed E-state index contributed by atoms with van der Waals surface area (Å²) in [6.07, 6.45) is 59.4. The molecule has 0 bridgehead atoms. The summed E-state index contributed by atoms with van der Waals surface area (Å²) in [7, 11) is 0. The first-order valence-corrected chi connectivity index (χ1v) is 19.3. The quantitative estimate of drug-likeness (QED) is 0.301. The summed E-state index contributed by atoms with van der Waals surface area (Å²) in [5.74, 6) is 1.25. The zero-order valence-corrected chi connectivity index (χ0v) is 29.2. The molecule has 2 aliphatic heterocycles. The molecule has 0 aromatic heterocycles. The Morgan fingerprint density at radius 3 is 2.43 bits per heavy atom. The summed E-state index contributed by atoms with van der Waals surface area (Å²) < 4.78 is 6.68. The summed E-state index contributed by atoms with van der Waals surface area (Å²) in [6, 6.07) is 7.59. The molecule has 0 spiro atoms. The maximum atomic E-state index is 6.68. The Hall–Kier alpha value is -4.86. The first kappa shape index (κ1) is 30.9. The third kappa shape index (κ3) is 5.45. The van der Waals surface area contributed by atoms with Crippen molar-refractivity contribution in [1.82, 2.24) is 0 Å². The molecule has 3 nitrogen and oxygen atoms in total. The highest BCUT2D eigenvalue weighted by atomic mass is 16.5. The van der Waals surface area contributed by atoms with Gasteiger partial charge in [-0.05, 0) is 104 Å². The van der Waals surface area contributed by atoms with Gasteiger partial charge in [-0.3, -0.25) is 0 Å². The molecule has 0 radical (unpaired) electrons. The minimum Gasteiger partial charge on any atom is -0.365 e. The fourth-order valence-corrected chi connectivity index (χ4v) is 9.73. The van der Waals surface area contributed by atoms with Gasteiger partial charge >= 0.3 is 0 Å². The summed E-state index contributed by atoms with van der Waals surface area (Å²) in [4.78, 5) is 5.21. The normalized spacial score (nSPS) is 32.3. The van der Waals surface area contributed by atoms with E-state index >= 15 is 0 Å². The molecule has 0 saturated carbocycles. The van der Waals surface area contributed by atoms with Crippen molar-refractivity contribution < 1.29 is 4.74 Å². The molecule has 1 aromatic carbocycles. The number of hydrogen-bond acceptors (Lipinski definition) is 3. The van der Waals surface area contributed by atoms with Crippen LogP contribution in [0.1, 0.15) is 56.4 Å². The van der Waals surface area contributed by atoms with Crippen LogP contribution in [0.5, 0.6) is 0 Å². The number of anilines is 2. The number of nitrogens with zero attached hydrogens (tertiary/aromatic N) is 2. The predicted octanol–water partition coefficient (Wildman–Crippen LogP) is 11.1. The van der Waals surface area contributed by atoms with Crippen molar-refractivity contribution >= 4 is 11.4 Å². The molecule has 7 unspecified atom stereocenters. The van der Waals surface area contributed by atoms with Crippen LogP contribution in [0.3, 0.4) is 0 Å². The Morgan fingerprint density at radius 1 is 0.706 bits per heavy atom. The fraction of sp³-hybridized carbons (Fsp3) is 0.292. The molecule has 10 rings (SSSR count). The van der Waals surface area contributed by atoms with Crippen molar-refractivity contribution in [2.75, 3.05) is 9.80 Å². The monoisotopic (exact) mass is 666 g/mol. The van der Waals surface area contributed by atoms with Crippen molar-refractivity contribution in [3.8, 4) is 0 Å². The number of benzene rings is 1. The molecule has 7 atom stereocenters. The second-order valence-electron chi connectivity index (χ2n) is 15.1. The third-order valence-electron chi connectivity index (χ3n) is 12.2. The van der Waals surface area contributed by atoms with E-state index in [-0.39, 0.29) is 30.1 Å². The van der Waals surface area contributed by atoms with Crippen LogP contribution in [0.15, 0.2) is 186 Å². The van der Waals surface area contributed by atoms with E-state index in [9.17, 15) is 0 Å². The van der Waals surface area contributed by atoms with Gasteiger partial charge in [-0.2, -0.15) is 0 Å². The first-order valence-electron chi connectivity index (χ1n) is 19.3. The Labute approximate surface area is 303 Å². The van der Waals surface area contributed by atoms with Crippen LogP contribution in [0.25, 0.3) is 0 Å². The molecule has 3 heteroatoms. The van der Waals surface area contributed by atoms with Gasteiger partial charge in [-0.1, -0.05) is 115 Å². The molecule has 0 N–H and O–H groups in total. The van der Waals surface area contributed by atoms with Gasteiger partial charge in [-0.25, -0.2) is 0 Å². The van der Waals surface area contributed by atoms with Crippen LogP contribution in [-0.4, -0.2) is 18.2 Å². The zero-order chi connectivity index (χ0) is 33.7. The second kappa shape index (κ2) is 13.0. The number of hydrogen-bond donors (Lipinski definition) is 0. The van der Waals surface area contributed by atoms with Gasteiger partial charge in [0.2, 0.25) is 0 Å². The third-order valence-corrected chi connectivity index (χ3v) is 12.2. The summed E-state index contributed by atoms with van der Waals surface area (Å²) in [5.41, 5.74) is 12.2. The lowest BCUT2D eigenvalue weighted by molar-refractivity contribution is 0.0874. The Bertz CT molecular complexity index is 2060. The molecule has 7 aliphatic carbocycles. The van der Waals surface area contributed by atoms with Crippen LogP contribution >= 0.6 is 0 Å². The molecular formula is C48H46N2O. The highest BCUT2D eigenvalue weighted by Gasteiger charge is 2.47. The molecule has 2 heterocycles. The highest BCUT2D eigenvalue weighted by molar-refractivity contribution is 5.76. The van der Waals surface area contributed by atoms with E-state index in [0.29, 0.717) is 11.8 Å². The van der Waals surface area contributed by atoms with Crippen molar-refractivity contribution in [2.24, 2.45) is 17.8 Å². The van der Waals surface area contributed by atoms with E-state index in [0.717, 1.165) is 44.9 Å². The van der Waals surface area contributed by atoms with E-state index in [4.69, 9.17) is 4.74 Å². The Morgan fingerprint density at radius 2 is 1.61 bits per heavy atom. The average Bonchev–Trinajstić information content (AvgIpc) is 3.75. The minimum absolute atomic E-state index is 0.0553. The number of allylic oxidation sites excluding steroid dienone is 21. The van der Waals surface area contributed by atoms with E-state index in [1.54, 1.807) is 0 Å². The van der Waals surface area contributed by atoms with Crippen LogP contribution in [-0.2, 0) is 4.74 Å². The average molecular weight is 667 g/mol. The van der Waals surface area contributed by atoms with E-state index in [1.807, 2.05) is 0 Å². The number of ether oxygens (including phenoxy) is 1. The van der Waals surface area contributed by atoms with Gasteiger partial charge in [-0.15, -0.1) is 0 Å². The molecular weight excluding hydrogens is 621 g/mol. The van der Waals surface area contributed by atoms with Crippen molar-refractivity contribution in [3.05, 3.63) is 191 Å². The topological polar surface area (TPSA) is 15.7 Å². The fourth-order valence-electron chi connectivity index (χ4n) is 9.73. The first-order chi connectivity index (χ1) is 25.3. The summed E-state index contributed by atoms with van der Waals surface area (Å²) >= 11 is 0.